The Kier molecular flexibility index (Phi) is 3.98. The summed E-state index contributed by atoms with van der Waals surface area (Å²) < 4.78 is 5.55. The number of hydrogen-bond donors (Lipinski definition) is 1. The van der Waals surface area contributed by atoms with Crippen molar-refractivity contribution < 1.29 is 4.74 Å². The summed E-state index contributed by atoms with van der Waals surface area (Å²) in [7, 11) is 0. The molecule has 0 aromatic carbocycles. The van der Waals surface area contributed by atoms with E-state index in [1.54, 1.807) is 12.4 Å². The minimum atomic E-state index is 0.533. The van der Waals surface area contributed by atoms with Crippen LogP contribution in [0.5, 0.6) is 0 Å². The SMILES string of the molecule is CC/C(OCc1cccnc1)=C(\C)N. The Bertz CT molecular complexity index is 302. The van der Waals surface area contributed by atoms with Crippen LogP contribution in [0.4, 0.5) is 0 Å². The number of nitrogens with two attached hydrogens (primary N) is 1. The summed E-state index contributed by atoms with van der Waals surface area (Å²) in [6.07, 6.45) is 4.36. The lowest BCUT2D eigenvalue weighted by atomic mass is 10.3. The van der Waals surface area contributed by atoms with Crippen LogP contribution in [0.1, 0.15) is 25.8 Å². The van der Waals surface area contributed by atoms with Gasteiger partial charge in [-0.3, -0.25) is 4.98 Å². The third-order valence-electron chi connectivity index (χ3n) is 1.90. The van der Waals surface area contributed by atoms with Gasteiger partial charge >= 0.3 is 0 Å². The van der Waals surface area contributed by atoms with Gasteiger partial charge < -0.3 is 10.5 Å². The van der Waals surface area contributed by atoms with Crippen LogP contribution in [-0.4, -0.2) is 4.98 Å². The van der Waals surface area contributed by atoms with Gasteiger partial charge in [-0.05, 0) is 13.0 Å². The van der Waals surface area contributed by atoms with Gasteiger partial charge in [-0.15, -0.1) is 0 Å². The normalized spacial score (nSPS) is 12.1. The number of pyridine rings is 1. The lowest BCUT2D eigenvalue weighted by molar-refractivity contribution is 0.187. The van der Waals surface area contributed by atoms with Gasteiger partial charge in [0.25, 0.3) is 0 Å². The molecule has 0 fully saturated rings. The topological polar surface area (TPSA) is 48.1 Å². The molecule has 1 aromatic heterocycles. The van der Waals surface area contributed by atoms with Crippen LogP contribution in [0.15, 0.2) is 36.0 Å². The fourth-order valence-electron chi connectivity index (χ4n) is 1.15. The van der Waals surface area contributed by atoms with Gasteiger partial charge in [-0.1, -0.05) is 13.0 Å². The Balaban J connectivity index is 2.53. The van der Waals surface area contributed by atoms with Gasteiger partial charge in [0.05, 0.1) is 0 Å². The molecule has 0 radical (unpaired) electrons. The lowest BCUT2D eigenvalue weighted by Crippen LogP contribution is -2.02. The van der Waals surface area contributed by atoms with E-state index in [-0.39, 0.29) is 0 Å². The zero-order chi connectivity index (χ0) is 10.4. The molecule has 0 saturated heterocycles. The van der Waals surface area contributed by atoms with Crippen LogP contribution in [0.25, 0.3) is 0 Å². The van der Waals surface area contributed by atoms with Gasteiger partial charge in [-0.2, -0.15) is 0 Å². The predicted octanol–water partition coefficient (Wildman–Crippen LogP) is 2.20. The quantitative estimate of drug-likeness (QED) is 0.744. The van der Waals surface area contributed by atoms with Crippen molar-refractivity contribution in [1.82, 2.24) is 4.98 Å². The Morgan fingerprint density at radius 2 is 2.36 bits per heavy atom. The standard InChI is InChI=1S/C11H16N2O/c1-3-11(9(2)12)14-8-10-5-4-6-13-7-10/h4-7H,3,8,12H2,1-2H3/b11-9-. The van der Waals surface area contributed by atoms with E-state index in [0.29, 0.717) is 6.61 Å². The lowest BCUT2D eigenvalue weighted by Gasteiger charge is -2.09. The second-order valence-corrected chi connectivity index (χ2v) is 3.11. The first kappa shape index (κ1) is 10.6. The Hall–Kier alpha value is -1.51. The minimum Gasteiger partial charge on any atom is -0.491 e. The maximum Gasteiger partial charge on any atom is 0.115 e. The monoisotopic (exact) mass is 192 g/mol. The van der Waals surface area contributed by atoms with Gasteiger partial charge in [0.1, 0.15) is 12.4 Å². The van der Waals surface area contributed by atoms with E-state index in [1.165, 1.54) is 0 Å². The van der Waals surface area contributed by atoms with Gasteiger partial charge in [0.15, 0.2) is 0 Å². The third kappa shape index (κ3) is 3.09. The highest BCUT2D eigenvalue weighted by Crippen LogP contribution is 2.09. The van der Waals surface area contributed by atoms with Crippen LogP contribution >= 0.6 is 0 Å². The second-order valence-electron chi connectivity index (χ2n) is 3.11. The van der Waals surface area contributed by atoms with Crippen LogP contribution in [-0.2, 0) is 11.3 Å². The molecular weight excluding hydrogens is 176 g/mol. The highest BCUT2D eigenvalue weighted by molar-refractivity contribution is 5.08. The molecule has 14 heavy (non-hydrogen) atoms. The summed E-state index contributed by atoms with van der Waals surface area (Å²) in [5, 5.41) is 0. The summed E-state index contributed by atoms with van der Waals surface area (Å²) in [6.45, 7) is 4.41. The molecule has 2 N–H and O–H groups in total. The summed E-state index contributed by atoms with van der Waals surface area (Å²) >= 11 is 0. The van der Waals surface area contributed by atoms with Crippen molar-refractivity contribution in [2.75, 3.05) is 0 Å². The van der Waals surface area contributed by atoms with E-state index >= 15 is 0 Å². The van der Waals surface area contributed by atoms with E-state index in [0.717, 1.165) is 23.4 Å². The van der Waals surface area contributed by atoms with Crippen molar-refractivity contribution in [3.05, 3.63) is 41.5 Å². The molecule has 0 saturated carbocycles. The first-order valence-electron chi connectivity index (χ1n) is 4.71. The maximum atomic E-state index is 5.65. The average molecular weight is 192 g/mol. The molecular formula is C11H16N2O. The van der Waals surface area contributed by atoms with Crippen molar-refractivity contribution in [3.8, 4) is 0 Å². The van der Waals surface area contributed by atoms with Crippen LogP contribution < -0.4 is 5.73 Å². The van der Waals surface area contributed by atoms with Crippen molar-refractivity contribution in [2.24, 2.45) is 5.73 Å². The number of allylic oxidation sites excluding steroid dienone is 2. The molecule has 1 aromatic rings. The summed E-state index contributed by atoms with van der Waals surface area (Å²) in [5.41, 5.74) is 7.45. The number of aromatic nitrogens is 1. The first-order valence-corrected chi connectivity index (χ1v) is 4.71. The van der Waals surface area contributed by atoms with Crippen molar-refractivity contribution in [3.63, 3.8) is 0 Å². The molecule has 0 aliphatic carbocycles. The van der Waals surface area contributed by atoms with E-state index in [9.17, 15) is 0 Å². The molecule has 0 unspecified atom stereocenters. The van der Waals surface area contributed by atoms with E-state index in [4.69, 9.17) is 10.5 Å². The number of nitrogens with zero attached hydrogens (tertiary/aromatic N) is 1. The Morgan fingerprint density at radius 1 is 1.57 bits per heavy atom. The summed E-state index contributed by atoms with van der Waals surface area (Å²) in [5.74, 6) is 0.855. The molecule has 0 amide bonds. The predicted molar refractivity (Wildman–Crippen MR) is 56.2 cm³/mol. The molecule has 0 atom stereocenters. The fourth-order valence-corrected chi connectivity index (χ4v) is 1.15. The molecule has 0 bridgehead atoms. The molecule has 76 valence electrons. The molecule has 3 nitrogen and oxygen atoms in total. The molecule has 0 aliphatic heterocycles. The molecule has 1 rings (SSSR count). The number of rotatable bonds is 4. The van der Waals surface area contributed by atoms with Crippen LogP contribution in [0.3, 0.4) is 0 Å². The Labute approximate surface area is 84.6 Å². The van der Waals surface area contributed by atoms with E-state index in [1.807, 2.05) is 26.0 Å². The van der Waals surface area contributed by atoms with Gasteiger partial charge in [-0.25, -0.2) is 0 Å². The zero-order valence-electron chi connectivity index (χ0n) is 8.66. The third-order valence-corrected chi connectivity index (χ3v) is 1.90. The molecule has 0 aliphatic rings. The molecule has 3 heteroatoms. The summed E-state index contributed by atoms with van der Waals surface area (Å²) in [4.78, 5) is 4.01. The average Bonchev–Trinajstić information content (AvgIpc) is 2.20. The molecule has 0 spiro atoms. The van der Waals surface area contributed by atoms with E-state index < -0.39 is 0 Å². The van der Waals surface area contributed by atoms with Crippen LogP contribution in [0.2, 0.25) is 0 Å². The number of ether oxygens (including phenoxy) is 1. The Morgan fingerprint density at radius 3 is 2.86 bits per heavy atom. The fraction of sp³-hybridized carbons (Fsp3) is 0.364. The first-order chi connectivity index (χ1) is 6.74. The van der Waals surface area contributed by atoms with Crippen molar-refractivity contribution >= 4 is 0 Å². The zero-order valence-corrected chi connectivity index (χ0v) is 8.66. The van der Waals surface area contributed by atoms with Crippen LogP contribution in [0, 0.1) is 0 Å². The van der Waals surface area contributed by atoms with Crippen molar-refractivity contribution in [2.45, 2.75) is 26.9 Å². The highest BCUT2D eigenvalue weighted by Gasteiger charge is 1.99. The van der Waals surface area contributed by atoms with Crippen molar-refractivity contribution in [1.29, 1.82) is 0 Å². The number of hydrogen-bond acceptors (Lipinski definition) is 3. The summed E-state index contributed by atoms with van der Waals surface area (Å²) in [6, 6.07) is 3.87. The smallest absolute Gasteiger partial charge is 0.115 e. The largest absolute Gasteiger partial charge is 0.491 e. The minimum absolute atomic E-state index is 0.533. The van der Waals surface area contributed by atoms with Gasteiger partial charge in [0, 0.05) is 30.1 Å². The maximum absolute atomic E-state index is 5.65. The van der Waals surface area contributed by atoms with E-state index in [2.05, 4.69) is 4.98 Å². The highest BCUT2D eigenvalue weighted by atomic mass is 16.5. The second kappa shape index (κ2) is 5.27. The van der Waals surface area contributed by atoms with Gasteiger partial charge in [0.2, 0.25) is 0 Å². The molecule has 1 heterocycles.